The molecule has 0 aromatic heterocycles. The molecule has 1 unspecified atom stereocenters. The second-order valence-electron chi connectivity index (χ2n) is 6.68. The van der Waals surface area contributed by atoms with Crippen molar-refractivity contribution in [3.05, 3.63) is 23.8 Å². The van der Waals surface area contributed by atoms with Gasteiger partial charge in [0.2, 0.25) is 11.8 Å². The Morgan fingerprint density at radius 2 is 1.78 bits per heavy atom. The third kappa shape index (κ3) is 6.59. The average molecular weight is 342 g/mol. The van der Waals surface area contributed by atoms with Crippen LogP contribution < -0.4 is 16.0 Å². The molecule has 0 saturated heterocycles. The molecule has 130 valence electrons. The molecule has 0 aliphatic carbocycles. The summed E-state index contributed by atoms with van der Waals surface area (Å²) in [7, 11) is 1.82. The van der Waals surface area contributed by atoms with Gasteiger partial charge in [0.1, 0.15) is 0 Å². The molecule has 0 aliphatic heterocycles. The van der Waals surface area contributed by atoms with E-state index in [1.807, 2.05) is 53.8 Å². The Morgan fingerprint density at radius 1 is 1.17 bits per heavy atom. The van der Waals surface area contributed by atoms with Gasteiger partial charge in [-0.1, -0.05) is 33.8 Å². The summed E-state index contributed by atoms with van der Waals surface area (Å²) in [5, 5.41) is 8.78. The van der Waals surface area contributed by atoms with E-state index in [-0.39, 0.29) is 30.1 Å². The fourth-order valence-electron chi connectivity index (χ4n) is 1.81. The molecule has 0 bridgehead atoms. The minimum absolute atomic E-state index is 0. The number of hydrogen-bond acceptors (Lipinski definition) is 3. The maximum absolute atomic E-state index is 12.1. The van der Waals surface area contributed by atoms with Gasteiger partial charge in [-0.25, -0.2) is 0 Å². The third-order valence-corrected chi connectivity index (χ3v) is 3.39. The summed E-state index contributed by atoms with van der Waals surface area (Å²) in [6.45, 7) is 9.99. The number of nitrogens with one attached hydrogen (secondary N) is 3. The number of anilines is 2. The van der Waals surface area contributed by atoms with Crippen molar-refractivity contribution in [2.24, 2.45) is 11.3 Å². The largest absolute Gasteiger partial charge is 0.326 e. The molecular weight excluding hydrogens is 314 g/mol. The number of rotatable bonds is 5. The molecule has 2 amide bonds. The summed E-state index contributed by atoms with van der Waals surface area (Å²) in [6.07, 6.45) is 0. The minimum Gasteiger partial charge on any atom is -0.326 e. The monoisotopic (exact) mass is 341 g/mol. The summed E-state index contributed by atoms with van der Waals surface area (Å²) < 4.78 is 0. The molecule has 23 heavy (non-hydrogen) atoms. The van der Waals surface area contributed by atoms with Gasteiger partial charge >= 0.3 is 0 Å². The summed E-state index contributed by atoms with van der Waals surface area (Å²) in [4.78, 5) is 24.1. The first-order valence-electron chi connectivity index (χ1n) is 7.52. The van der Waals surface area contributed by atoms with Crippen LogP contribution in [0.4, 0.5) is 11.4 Å². The zero-order valence-electron chi connectivity index (χ0n) is 14.7. The Balaban J connectivity index is 0.00000484. The van der Waals surface area contributed by atoms with E-state index in [1.165, 1.54) is 0 Å². The fourth-order valence-corrected chi connectivity index (χ4v) is 1.81. The lowest BCUT2D eigenvalue weighted by Gasteiger charge is -2.19. The van der Waals surface area contributed by atoms with Gasteiger partial charge in [0.25, 0.3) is 0 Å². The van der Waals surface area contributed by atoms with Crippen LogP contribution >= 0.6 is 12.4 Å². The van der Waals surface area contributed by atoms with Crippen LogP contribution in [0.3, 0.4) is 0 Å². The standard InChI is InChI=1S/C17H27N3O2.ClH/c1-11-7-8-13(19-16(22)17(3,4)5)9-14(11)20-15(21)12(2)10-18-6;/h7-9,12,18H,10H2,1-6H3,(H,19,22)(H,20,21);1H. The maximum atomic E-state index is 12.1. The van der Waals surface area contributed by atoms with E-state index in [2.05, 4.69) is 16.0 Å². The van der Waals surface area contributed by atoms with Gasteiger partial charge in [-0.15, -0.1) is 12.4 Å². The first-order chi connectivity index (χ1) is 10.1. The molecule has 1 aromatic rings. The van der Waals surface area contributed by atoms with Gasteiger partial charge < -0.3 is 16.0 Å². The molecule has 0 spiro atoms. The first kappa shape index (κ1) is 21.4. The second-order valence-corrected chi connectivity index (χ2v) is 6.68. The molecule has 0 aliphatic rings. The molecule has 0 radical (unpaired) electrons. The minimum atomic E-state index is -0.463. The van der Waals surface area contributed by atoms with E-state index < -0.39 is 5.41 Å². The van der Waals surface area contributed by atoms with Gasteiger partial charge in [0.15, 0.2) is 0 Å². The first-order valence-corrected chi connectivity index (χ1v) is 7.52. The molecule has 0 saturated carbocycles. The van der Waals surface area contributed by atoms with E-state index in [9.17, 15) is 9.59 Å². The van der Waals surface area contributed by atoms with E-state index in [0.29, 0.717) is 12.2 Å². The fraction of sp³-hybridized carbons (Fsp3) is 0.529. The van der Waals surface area contributed by atoms with Gasteiger partial charge in [-0.2, -0.15) is 0 Å². The molecule has 1 atom stereocenters. The highest BCUT2D eigenvalue weighted by atomic mass is 35.5. The molecule has 0 fully saturated rings. The highest BCUT2D eigenvalue weighted by molar-refractivity contribution is 5.97. The Bertz CT molecular complexity index is 553. The van der Waals surface area contributed by atoms with Crippen molar-refractivity contribution in [1.29, 1.82) is 0 Å². The molecule has 6 heteroatoms. The number of amides is 2. The SMILES string of the molecule is CNCC(C)C(=O)Nc1cc(NC(=O)C(C)(C)C)ccc1C.Cl. The Morgan fingerprint density at radius 3 is 2.30 bits per heavy atom. The van der Waals surface area contributed by atoms with Crippen molar-refractivity contribution in [3.63, 3.8) is 0 Å². The van der Waals surface area contributed by atoms with Crippen LogP contribution in [0.25, 0.3) is 0 Å². The molecular formula is C17H28ClN3O2. The van der Waals surface area contributed by atoms with E-state index >= 15 is 0 Å². The van der Waals surface area contributed by atoms with Crippen molar-refractivity contribution in [2.75, 3.05) is 24.2 Å². The van der Waals surface area contributed by atoms with E-state index in [0.717, 1.165) is 11.3 Å². The van der Waals surface area contributed by atoms with Crippen molar-refractivity contribution in [3.8, 4) is 0 Å². The number of hydrogen-bond donors (Lipinski definition) is 3. The zero-order chi connectivity index (χ0) is 16.9. The van der Waals surface area contributed by atoms with Crippen LogP contribution in [0.5, 0.6) is 0 Å². The number of carbonyl (C=O) groups excluding carboxylic acids is 2. The molecule has 1 rings (SSSR count). The van der Waals surface area contributed by atoms with Gasteiger partial charge in [0.05, 0.1) is 0 Å². The Kier molecular flexibility index (Phi) is 8.28. The van der Waals surface area contributed by atoms with Crippen molar-refractivity contribution in [1.82, 2.24) is 5.32 Å². The van der Waals surface area contributed by atoms with Gasteiger partial charge in [0, 0.05) is 29.3 Å². The van der Waals surface area contributed by atoms with Crippen LogP contribution in [0.15, 0.2) is 18.2 Å². The van der Waals surface area contributed by atoms with Crippen LogP contribution in [0.2, 0.25) is 0 Å². The molecule has 3 N–H and O–H groups in total. The lowest BCUT2D eigenvalue weighted by molar-refractivity contribution is -0.123. The van der Waals surface area contributed by atoms with Crippen molar-refractivity contribution >= 4 is 35.6 Å². The summed E-state index contributed by atoms with van der Waals surface area (Å²) in [6, 6.07) is 5.52. The predicted molar refractivity (Wildman–Crippen MR) is 98.2 cm³/mol. The van der Waals surface area contributed by atoms with E-state index in [4.69, 9.17) is 0 Å². The van der Waals surface area contributed by atoms with Crippen molar-refractivity contribution < 1.29 is 9.59 Å². The van der Waals surface area contributed by atoms with Crippen LogP contribution in [0.1, 0.15) is 33.3 Å². The number of halogens is 1. The number of carbonyl (C=O) groups is 2. The number of aryl methyl sites for hydroxylation is 1. The smallest absolute Gasteiger partial charge is 0.229 e. The lowest BCUT2D eigenvalue weighted by atomic mass is 9.95. The normalized spacial score (nSPS) is 12.1. The van der Waals surface area contributed by atoms with Gasteiger partial charge in [-0.05, 0) is 31.7 Å². The topological polar surface area (TPSA) is 70.2 Å². The van der Waals surface area contributed by atoms with Gasteiger partial charge in [-0.3, -0.25) is 9.59 Å². The van der Waals surface area contributed by atoms with Crippen LogP contribution in [0, 0.1) is 18.3 Å². The van der Waals surface area contributed by atoms with Crippen LogP contribution in [-0.4, -0.2) is 25.4 Å². The molecule has 0 heterocycles. The molecule has 1 aromatic carbocycles. The quantitative estimate of drug-likeness (QED) is 0.770. The third-order valence-electron chi connectivity index (χ3n) is 3.39. The maximum Gasteiger partial charge on any atom is 0.229 e. The summed E-state index contributed by atoms with van der Waals surface area (Å²) in [5.41, 5.74) is 1.90. The molecule has 5 nitrogen and oxygen atoms in total. The average Bonchev–Trinajstić information content (AvgIpc) is 2.41. The van der Waals surface area contributed by atoms with E-state index in [1.54, 1.807) is 6.07 Å². The van der Waals surface area contributed by atoms with Crippen LogP contribution in [-0.2, 0) is 9.59 Å². The second kappa shape index (κ2) is 8.89. The zero-order valence-corrected chi connectivity index (χ0v) is 15.6. The Hall–Kier alpha value is -1.59. The predicted octanol–water partition coefficient (Wildman–Crippen LogP) is 3.20. The highest BCUT2D eigenvalue weighted by Gasteiger charge is 2.21. The lowest BCUT2D eigenvalue weighted by Crippen LogP contribution is -2.29. The highest BCUT2D eigenvalue weighted by Crippen LogP contribution is 2.23. The van der Waals surface area contributed by atoms with Crippen molar-refractivity contribution in [2.45, 2.75) is 34.6 Å². The summed E-state index contributed by atoms with van der Waals surface area (Å²) in [5.74, 6) is -0.230. The summed E-state index contributed by atoms with van der Waals surface area (Å²) >= 11 is 0. The Labute approximate surface area is 145 Å². The number of benzene rings is 1.